The lowest BCUT2D eigenvalue weighted by atomic mass is 9.89. The normalized spacial score (nSPS) is 23.5. The lowest BCUT2D eigenvalue weighted by molar-refractivity contribution is -0.305. The zero-order valence-corrected chi connectivity index (χ0v) is 20.0. The van der Waals surface area contributed by atoms with Gasteiger partial charge in [0.2, 0.25) is 6.29 Å². The van der Waals surface area contributed by atoms with E-state index in [1.807, 2.05) is 60.7 Å². The first kappa shape index (κ1) is 24.9. The molecule has 3 aromatic rings. The molecule has 0 saturated carbocycles. The zero-order chi connectivity index (χ0) is 25.0. The van der Waals surface area contributed by atoms with Crippen LogP contribution in [0.5, 0.6) is 5.75 Å². The van der Waals surface area contributed by atoms with E-state index < -0.39 is 30.2 Å². The maximum atomic E-state index is 13.3. The average molecular weight is 478 g/mol. The SMILES string of the molecule is CO[C@@H]1[C@@H](O)[C@@H](O)[C@H](Oc2ccc(-c3ccccc3)c(C(=O)NCc3ccccc3)c2)OC1(C)C. The molecule has 7 nitrogen and oxygen atoms in total. The molecular formula is C28H31NO6. The van der Waals surface area contributed by atoms with Crippen molar-refractivity contribution >= 4 is 5.91 Å². The van der Waals surface area contributed by atoms with Crippen LogP contribution in [0.2, 0.25) is 0 Å². The van der Waals surface area contributed by atoms with Gasteiger partial charge in [0.1, 0.15) is 24.1 Å². The number of hydrogen-bond acceptors (Lipinski definition) is 6. The van der Waals surface area contributed by atoms with E-state index in [4.69, 9.17) is 14.2 Å². The topological polar surface area (TPSA) is 97.3 Å². The largest absolute Gasteiger partial charge is 0.462 e. The van der Waals surface area contributed by atoms with Crippen LogP contribution in [0.1, 0.15) is 29.8 Å². The van der Waals surface area contributed by atoms with Crippen molar-refractivity contribution in [1.82, 2.24) is 5.32 Å². The van der Waals surface area contributed by atoms with Gasteiger partial charge in [-0.3, -0.25) is 4.79 Å². The van der Waals surface area contributed by atoms with Crippen molar-refractivity contribution in [2.75, 3.05) is 7.11 Å². The molecule has 0 radical (unpaired) electrons. The molecule has 3 aromatic carbocycles. The number of carbonyl (C=O) groups is 1. The number of nitrogens with one attached hydrogen (secondary N) is 1. The number of ether oxygens (including phenoxy) is 3. The van der Waals surface area contributed by atoms with Gasteiger partial charge < -0.3 is 29.7 Å². The van der Waals surface area contributed by atoms with Gasteiger partial charge in [0.05, 0.1) is 11.2 Å². The van der Waals surface area contributed by atoms with Crippen LogP contribution in [-0.4, -0.2) is 53.4 Å². The van der Waals surface area contributed by atoms with Gasteiger partial charge in [-0.1, -0.05) is 60.7 Å². The van der Waals surface area contributed by atoms with Gasteiger partial charge in [0.25, 0.3) is 5.91 Å². The minimum absolute atomic E-state index is 0.261. The Kier molecular flexibility index (Phi) is 7.52. The van der Waals surface area contributed by atoms with Crippen molar-refractivity contribution in [3.63, 3.8) is 0 Å². The van der Waals surface area contributed by atoms with Crippen LogP contribution in [0.15, 0.2) is 78.9 Å². The molecule has 4 rings (SSSR count). The molecule has 0 aromatic heterocycles. The van der Waals surface area contributed by atoms with Crippen LogP contribution in [0.3, 0.4) is 0 Å². The second-order valence-corrected chi connectivity index (χ2v) is 9.09. The monoisotopic (exact) mass is 477 g/mol. The summed E-state index contributed by atoms with van der Waals surface area (Å²) < 4.78 is 17.2. The second-order valence-electron chi connectivity index (χ2n) is 9.09. The number of amides is 1. The summed E-state index contributed by atoms with van der Waals surface area (Å²) in [5, 5.41) is 24.1. The summed E-state index contributed by atoms with van der Waals surface area (Å²) in [6, 6.07) is 24.4. The standard InChI is InChI=1S/C28H31NO6/c1-28(2)25(33-3)23(30)24(31)27(35-28)34-20-14-15-21(19-12-8-5-9-13-19)22(16-20)26(32)29-17-18-10-6-4-7-11-18/h4-16,23-25,27,30-31H,17H2,1-3H3,(H,29,32)/t23-,24+,25+,27+/m0/s1. The van der Waals surface area contributed by atoms with Crippen molar-refractivity contribution < 1.29 is 29.2 Å². The fourth-order valence-corrected chi connectivity index (χ4v) is 4.37. The van der Waals surface area contributed by atoms with Crippen LogP contribution in [0, 0.1) is 0 Å². The van der Waals surface area contributed by atoms with Gasteiger partial charge >= 0.3 is 0 Å². The first-order valence-electron chi connectivity index (χ1n) is 11.5. The number of benzene rings is 3. The molecule has 0 bridgehead atoms. The average Bonchev–Trinajstić information content (AvgIpc) is 2.87. The van der Waals surface area contributed by atoms with Gasteiger partial charge in [-0.15, -0.1) is 0 Å². The molecule has 0 spiro atoms. The fourth-order valence-electron chi connectivity index (χ4n) is 4.37. The van der Waals surface area contributed by atoms with Crippen molar-refractivity contribution in [2.24, 2.45) is 0 Å². The Bertz CT molecular complexity index is 1130. The number of rotatable bonds is 7. The van der Waals surface area contributed by atoms with Crippen LogP contribution < -0.4 is 10.1 Å². The molecule has 1 fully saturated rings. The van der Waals surface area contributed by atoms with Gasteiger partial charge in [-0.2, -0.15) is 0 Å². The van der Waals surface area contributed by atoms with E-state index in [-0.39, 0.29) is 5.91 Å². The second kappa shape index (κ2) is 10.6. The minimum atomic E-state index is -1.34. The van der Waals surface area contributed by atoms with Crippen LogP contribution >= 0.6 is 0 Å². The predicted octanol–water partition coefficient (Wildman–Crippen LogP) is 3.53. The molecule has 1 saturated heterocycles. The highest BCUT2D eigenvalue weighted by Crippen LogP contribution is 2.34. The van der Waals surface area contributed by atoms with Crippen LogP contribution in [0.25, 0.3) is 11.1 Å². The van der Waals surface area contributed by atoms with E-state index in [9.17, 15) is 15.0 Å². The number of hydrogen-bond donors (Lipinski definition) is 3. The van der Waals surface area contributed by atoms with E-state index in [1.54, 1.807) is 32.0 Å². The molecule has 0 aliphatic carbocycles. The van der Waals surface area contributed by atoms with Gasteiger partial charge in [-0.05, 0) is 48.7 Å². The van der Waals surface area contributed by atoms with E-state index in [1.165, 1.54) is 7.11 Å². The lowest BCUT2D eigenvalue weighted by Gasteiger charge is -2.46. The Labute approximate surface area is 205 Å². The summed E-state index contributed by atoms with van der Waals surface area (Å²) in [6.07, 6.45) is -4.41. The van der Waals surface area contributed by atoms with Crippen molar-refractivity contribution in [2.45, 2.75) is 50.6 Å². The molecule has 1 heterocycles. The summed E-state index contributed by atoms with van der Waals surface area (Å²) in [5.41, 5.74) is 2.13. The van der Waals surface area contributed by atoms with E-state index in [0.29, 0.717) is 17.9 Å². The highest BCUT2D eigenvalue weighted by molar-refractivity contribution is 6.01. The van der Waals surface area contributed by atoms with E-state index in [0.717, 1.165) is 16.7 Å². The third-order valence-corrected chi connectivity index (χ3v) is 6.17. The summed E-state index contributed by atoms with van der Waals surface area (Å²) in [5.74, 6) is 0.0699. The number of aliphatic hydroxyl groups excluding tert-OH is 2. The van der Waals surface area contributed by atoms with Crippen LogP contribution in [-0.2, 0) is 16.0 Å². The summed E-state index contributed by atoms with van der Waals surface area (Å²) >= 11 is 0. The third kappa shape index (κ3) is 5.55. The van der Waals surface area contributed by atoms with Crippen LogP contribution in [0.4, 0.5) is 0 Å². The molecule has 0 unspecified atom stereocenters. The predicted molar refractivity (Wildman–Crippen MR) is 132 cm³/mol. The highest BCUT2D eigenvalue weighted by Gasteiger charge is 2.50. The Balaban J connectivity index is 1.61. The lowest BCUT2D eigenvalue weighted by Crippen LogP contribution is -2.63. The number of carbonyl (C=O) groups excluding carboxylic acids is 1. The molecule has 35 heavy (non-hydrogen) atoms. The minimum Gasteiger partial charge on any atom is -0.462 e. The third-order valence-electron chi connectivity index (χ3n) is 6.17. The molecule has 1 aliphatic rings. The number of aliphatic hydroxyl groups is 2. The smallest absolute Gasteiger partial charge is 0.252 e. The maximum absolute atomic E-state index is 13.3. The summed E-state index contributed by atoms with van der Waals surface area (Å²) in [4.78, 5) is 13.3. The molecule has 1 aliphatic heterocycles. The Hall–Kier alpha value is -3.23. The molecule has 3 N–H and O–H groups in total. The summed E-state index contributed by atoms with van der Waals surface area (Å²) in [7, 11) is 1.45. The summed E-state index contributed by atoms with van der Waals surface area (Å²) in [6.45, 7) is 3.89. The Morgan fingerprint density at radius 2 is 1.63 bits per heavy atom. The first-order chi connectivity index (χ1) is 16.8. The van der Waals surface area contributed by atoms with Crippen molar-refractivity contribution in [1.29, 1.82) is 0 Å². The Morgan fingerprint density at radius 3 is 2.29 bits per heavy atom. The molecule has 4 atom stereocenters. The van der Waals surface area contributed by atoms with E-state index >= 15 is 0 Å². The molecular weight excluding hydrogens is 446 g/mol. The van der Waals surface area contributed by atoms with Gasteiger partial charge in [-0.25, -0.2) is 0 Å². The highest BCUT2D eigenvalue weighted by atomic mass is 16.7. The quantitative estimate of drug-likeness (QED) is 0.482. The first-order valence-corrected chi connectivity index (χ1v) is 11.5. The zero-order valence-electron chi connectivity index (χ0n) is 20.0. The molecule has 7 heteroatoms. The van der Waals surface area contributed by atoms with Gasteiger partial charge in [0, 0.05) is 13.7 Å². The van der Waals surface area contributed by atoms with E-state index in [2.05, 4.69) is 5.32 Å². The van der Waals surface area contributed by atoms with Crippen molar-refractivity contribution in [3.05, 3.63) is 90.0 Å². The van der Waals surface area contributed by atoms with Crippen molar-refractivity contribution in [3.8, 4) is 16.9 Å². The Morgan fingerprint density at radius 1 is 0.971 bits per heavy atom. The van der Waals surface area contributed by atoms with Gasteiger partial charge in [0.15, 0.2) is 0 Å². The number of methoxy groups -OCH3 is 1. The molecule has 1 amide bonds. The fraction of sp³-hybridized carbons (Fsp3) is 0.321. The maximum Gasteiger partial charge on any atom is 0.252 e. The molecule has 184 valence electrons.